The van der Waals surface area contributed by atoms with Crippen molar-refractivity contribution in [3.8, 4) is 0 Å². The Morgan fingerprint density at radius 2 is 1.81 bits per heavy atom. The molecule has 0 heterocycles. The second-order valence-corrected chi connectivity index (χ2v) is 7.00. The molecular weight excluding hydrogens is 320 g/mol. The quantitative estimate of drug-likeness (QED) is 0.478. The van der Waals surface area contributed by atoms with Crippen molar-refractivity contribution in [1.29, 1.82) is 0 Å². The van der Waals surface area contributed by atoms with E-state index in [-0.39, 0.29) is 15.5 Å². The van der Waals surface area contributed by atoms with E-state index in [9.17, 15) is 24.4 Å². The molecule has 0 aliphatic heterocycles. The summed E-state index contributed by atoms with van der Waals surface area (Å²) in [6.45, 7) is 0. The number of alkyl halides is 1. The fourth-order valence-electron chi connectivity index (χ4n) is 2.39. The predicted molar refractivity (Wildman–Crippen MR) is 78.1 cm³/mol. The zero-order valence-electron chi connectivity index (χ0n) is 10.9. The Hall–Kier alpha value is -1.54. The molecule has 9 heteroatoms. The van der Waals surface area contributed by atoms with Crippen molar-refractivity contribution in [2.24, 2.45) is 0 Å². The van der Waals surface area contributed by atoms with E-state index in [2.05, 4.69) is 0 Å². The third-order valence-corrected chi connectivity index (χ3v) is 6.03. The highest BCUT2D eigenvalue weighted by Crippen LogP contribution is 2.34. The molecule has 1 saturated carbocycles. The summed E-state index contributed by atoms with van der Waals surface area (Å²) in [5, 5.41) is 21.1. The van der Waals surface area contributed by atoms with Gasteiger partial charge in [0, 0.05) is 11.4 Å². The fraction of sp³-hybridized carbons (Fsp3) is 0.500. The number of benzene rings is 1. The van der Waals surface area contributed by atoms with Gasteiger partial charge < -0.3 is 0 Å². The Kier molecular flexibility index (Phi) is 4.89. The molecule has 3 atom stereocenters. The van der Waals surface area contributed by atoms with Gasteiger partial charge in [0.25, 0.3) is 11.4 Å². The normalized spacial score (nSPS) is 23.5. The Morgan fingerprint density at radius 1 is 1.14 bits per heavy atom. The molecule has 0 unspecified atom stereocenters. The molecule has 7 nitrogen and oxygen atoms in total. The summed E-state index contributed by atoms with van der Waals surface area (Å²) in [5.41, 5.74) is -0.884. The minimum atomic E-state index is -1.65. The van der Waals surface area contributed by atoms with E-state index in [0.717, 1.165) is 31.4 Å². The summed E-state index contributed by atoms with van der Waals surface area (Å²) < 4.78 is 12.6. The maximum atomic E-state index is 12.6. The van der Waals surface area contributed by atoms with Crippen molar-refractivity contribution in [2.75, 3.05) is 0 Å². The van der Waals surface area contributed by atoms with E-state index in [0.29, 0.717) is 6.42 Å². The van der Waals surface area contributed by atoms with Gasteiger partial charge in [-0.2, -0.15) is 0 Å². The molecule has 0 amide bonds. The van der Waals surface area contributed by atoms with E-state index < -0.39 is 32.0 Å². The maximum absolute atomic E-state index is 12.6. The van der Waals surface area contributed by atoms with Crippen LogP contribution < -0.4 is 0 Å². The van der Waals surface area contributed by atoms with Crippen LogP contribution in [0.1, 0.15) is 25.7 Å². The van der Waals surface area contributed by atoms with E-state index in [1.807, 2.05) is 0 Å². The molecule has 0 spiro atoms. The number of halogens is 1. The lowest BCUT2D eigenvalue weighted by Gasteiger charge is -2.26. The van der Waals surface area contributed by atoms with Crippen LogP contribution in [-0.4, -0.2) is 24.7 Å². The number of nitrogens with zero attached hydrogens (tertiary/aromatic N) is 2. The van der Waals surface area contributed by atoms with Crippen LogP contribution in [0, 0.1) is 20.2 Å². The van der Waals surface area contributed by atoms with E-state index in [1.165, 1.54) is 6.07 Å². The van der Waals surface area contributed by atoms with Gasteiger partial charge in [-0.1, -0.05) is 12.8 Å². The first-order chi connectivity index (χ1) is 9.91. The fourth-order valence-corrected chi connectivity index (χ4v) is 4.60. The highest BCUT2D eigenvalue weighted by molar-refractivity contribution is 7.86. The van der Waals surface area contributed by atoms with Crippen LogP contribution in [0.4, 0.5) is 11.4 Å². The van der Waals surface area contributed by atoms with Crippen LogP contribution >= 0.6 is 11.6 Å². The lowest BCUT2D eigenvalue weighted by atomic mass is 10.00. The van der Waals surface area contributed by atoms with Crippen molar-refractivity contribution in [3.63, 3.8) is 0 Å². The minimum Gasteiger partial charge on any atom is -0.258 e. The lowest BCUT2D eigenvalue weighted by molar-refractivity contribution is -0.396. The molecule has 0 N–H and O–H groups in total. The third-order valence-electron chi connectivity index (χ3n) is 3.46. The molecule has 1 aliphatic carbocycles. The smallest absolute Gasteiger partial charge is 0.258 e. The second kappa shape index (κ2) is 6.48. The molecule has 2 rings (SSSR count). The van der Waals surface area contributed by atoms with Crippen molar-refractivity contribution in [1.82, 2.24) is 0 Å². The first kappa shape index (κ1) is 15.8. The van der Waals surface area contributed by atoms with Crippen LogP contribution in [-0.2, 0) is 10.8 Å². The Morgan fingerprint density at radius 3 is 2.38 bits per heavy atom. The Labute approximate surface area is 128 Å². The van der Waals surface area contributed by atoms with E-state index in [1.54, 1.807) is 0 Å². The highest BCUT2D eigenvalue weighted by Gasteiger charge is 2.33. The monoisotopic (exact) mass is 332 g/mol. The van der Waals surface area contributed by atoms with Crippen LogP contribution in [0.25, 0.3) is 0 Å². The van der Waals surface area contributed by atoms with Crippen LogP contribution in [0.5, 0.6) is 0 Å². The van der Waals surface area contributed by atoms with Gasteiger partial charge in [0.2, 0.25) is 0 Å². The van der Waals surface area contributed by atoms with Gasteiger partial charge in [-0.05, 0) is 18.9 Å². The van der Waals surface area contributed by atoms with Gasteiger partial charge >= 0.3 is 0 Å². The molecule has 1 aromatic rings. The standard InChI is InChI=1S/C12H13ClN2O5S/c13-9-3-1-2-4-11(9)21(20)12-6-5-8(14(16)17)7-10(12)15(18)19/h5-7,9,11H,1-4H2/t9-,11+,21-/m0/s1. The molecule has 1 aromatic carbocycles. The summed E-state index contributed by atoms with van der Waals surface area (Å²) in [4.78, 5) is 20.3. The summed E-state index contributed by atoms with van der Waals surface area (Å²) in [7, 11) is -1.65. The minimum absolute atomic E-state index is 0.00292. The van der Waals surface area contributed by atoms with Crippen molar-refractivity contribution in [2.45, 2.75) is 41.2 Å². The van der Waals surface area contributed by atoms with Crippen LogP contribution in [0.2, 0.25) is 0 Å². The van der Waals surface area contributed by atoms with E-state index in [4.69, 9.17) is 11.6 Å². The maximum Gasteiger partial charge on any atom is 0.292 e. The average Bonchev–Trinajstić information content (AvgIpc) is 2.46. The number of non-ortho nitro benzene ring substituents is 1. The average molecular weight is 333 g/mol. The zero-order valence-corrected chi connectivity index (χ0v) is 12.5. The van der Waals surface area contributed by atoms with E-state index >= 15 is 0 Å². The molecule has 114 valence electrons. The third kappa shape index (κ3) is 3.38. The molecule has 0 radical (unpaired) electrons. The predicted octanol–water partition coefficient (Wildman–Crippen LogP) is 3.16. The van der Waals surface area contributed by atoms with Crippen molar-refractivity contribution >= 4 is 33.8 Å². The lowest BCUT2D eigenvalue weighted by Crippen LogP contribution is -2.30. The van der Waals surface area contributed by atoms with Gasteiger partial charge in [-0.15, -0.1) is 11.6 Å². The van der Waals surface area contributed by atoms with Crippen molar-refractivity contribution in [3.05, 3.63) is 38.4 Å². The topological polar surface area (TPSA) is 103 Å². The van der Waals surface area contributed by atoms with Gasteiger partial charge in [0.05, 0.1) is 32.0 Å². The van der Waals surface area contributed by atoms with Gasteiger partial charge in [0.15, 0.2) is 0 Å². The molecule has 0 aromatic heterocycles. The number of rotatable bonds is 4. The van der Waals surface area contributed by atoms with Crippen molar-refractivity contribution < 1.29 is 14.1 Å². The summed E-state index contributed by atoms with van der Waals surface area (Å²) >= 11 is 6.17. The molecule has 1 aliphatic rings. The Bertz CT molecular complexity index is 609. The van der Waals surface area contributed by atoms with Gasteiger partial charge in [-0.25, -0.2) is 0 Å². The van der Waals surface area contributed by atoms with Gasteiger partial charge in [-0.3, -0.25) is 24.4 Å². The zero-order chi connectivity index (χ0) is 15.6. The number of hydrogen-bond acceptors (Lipinski definition) is 5. The SMILES string of the molecule is O=[N+]([O-])c1ccc([S@@](=O)[C@@H]2CCCC[C@@H]2Cl)c([N+](=O)[O-])c1. The molecule has 0 bridgehead atoms. The summed E-state index contributed by atoms with van der Waals surface area (Å²) in [6.07, 6.45) is 3.18. The molecule has 1 fully saturated rings. The molecular formula is C12H13ClN2O5S. The Balaban J connectivity index is 2.40. The number of hydrogen-bond donors (Lipinski definition) is 0. The second-order valence-electron chi connectivity index (χ2n) is 4.80. The first-order valence-corrected chi connectivity index (χ1v) is 8.04. The molecule has 21 heavy (non-hydrogen) atoms. The number of nitro benzene ring substituents is 2. The van der Waals surface area contributed by atoms with Crippen LogP contribution in [0.3, 0.4) is 0 Å². The van der Waals surface area contributed by atoms with Crippen LogP contribution in [0.15, 0.2) is 23.1 Å². The summed E-state index contributed by atoms with van der Waals surface area (Å²) in [6, 6.07) is 3.18. The largest absolute Gasteiger partial charge is 0.292 e. The van der Waals surface area contributed by atoms with Gasteiger partial charge in [0.1, 0.15) is 4.90 Å². The highest BCUT2D eigenvalue weighted by atomic mass is 35.5. The number of nitro groups is 2. The first-order valence-electron chi connectivity index (χ1n) is 6.39. The molecule has 0 saturated heterocycles. The summed E-state index contributed by atoms with van der Waals surface area (Å²) in [5.74, 6) is 0.